The van der Waals surface area contributed by atoms with Crippen LogP contribution in [-0.2, 0) is 0 Å². The second-order valence-corrected chi connectivity index (χ2v) is 5.67. The molecule has 1 N–H and O–H groups in total. The van der Waals surface area contributed by atoms with Crippen molar-refractivity contribution < 1.29 is 4.79 Å². The average Bonchev–Trinajstić information content (AvgIpc) is 1.59. The summed E-state index contributed by atoms with van der Waals surface area (Å²) in [6.07, 6.45) is 0. The molecule has 10 heavy (non-hydrogen) atoms. The molecule has 1 amide bonds. The first-order chi connectivity index (χ1) is 4.42. The van der Waals surface area contributed by atoms with Crippen LogP contribution in [0.15, 0.2) is 0 Å². The van der Waals surface area contributed by atoms with E-state index in [9.17, 15) is 4.79 Å². The summed E-state index contributed by atoms with van der Waals surface area (Å²) in [6.45, 7) is 0. The third-order valence-corrected chi connectivity index (χ3v) is 2.18. The minimum atomic E-state index is -1.40. The maximum Gasteiger partial charge on any atom is 0.314 e. The van der Waals surface area contributed by atoms with E-state index in [0.29, 0.717) is 0 Å². The summed E-state index contributed by atoms with van der Waals surface area (Å²) >= 11 is 21.8. The third kappa shape index (κ3) is 8.98. The summed E-state index contributed by atoms with van der Waals surface area (Å²) in [7, 11) is 0. The van der Waals surface area contributed by atoms with Crippen molar-refractivity contribution in [2.75, 3.05) is 5.88 Å². The Bertz CT molecular complexity index is 124. The number of carbonyl (C=O) groups excluding carboxylic acids is 1. The van der Waals surface area contributed by atoms with E-state index in [1.807, 2.05) is 0 Å². The summed E-state index contributed by atoms with van der Waals surface area (Å²) in [6, 6.07) is 0. The van der Waals surface area contributed by atoms with Gasteiger partial charge in [-0.1, -0.05) is 46.6 Å². The number of thioether (sulfide) groups is 1. The molecule has 0 fully saturated rings. The molecule has 0 aromatic carbocycles. The van der Waals surface area contributed by atoms with E-state index >= 15 is 0 Å². The van der Waals surface area contributed by atoms with E-state index in [-0.39, 0.29) is 5.88 Å². The van der Waals surface area contributed by atoms with E-state index in [1.165, 1.54) is 0 Å². The second kappa shape index (κ2) is 4.78. The van der Waals surface area contributed by atoms with Gasteiger partial charge in [-0.15, -0.1) is 0 Å². The fourth-order valence-corrected chi connectivity index (χ4v) is 1.18. The molecule has 0 aliphatic rings. The van der Waals surface area contributed by atoms with E-state index in [0.717, 1.165) is 11.8 Å². The molecule has 0 rings (SSSR count). The van der Waals surface area contributed by atoms with E-state index < -0.39 is 8.49 Å². The van der Waals surface area contributed by atoms with Gasteiger partial charge in [-0.3, -0.25) is 4.79 Å². The van der Waals surface area contributed by atoms with Gasteiger partial charge >= 0.3 is 5.37 Å². The van der Waals surface area contributed by atoms with Crippen LogP contribution in [0.4, 0.5) is 4.79 Å². The summed E-state index contributed by atoms with van der Waals surface area (Å²) in [5.41, 5.74) is 0. The fraction of sp³-hybridized carbons (Fsp3) is 0.667. The Balaban J connectivity index is 3.29. The molecule has 0 aromatic rings. The maximum absolute atomic E-state index is 10.0. The van der Waals surface area contributed by atoms with E-state index in [1.54, 1.807) is 0 Å². The molecule has 0 unspecified atom stereocenters. The van der Waals surface area contributed by atoms with Gasteiger partial charge < -0.3 is 5.32 Å². The number of rotatable bonds is 2. The fourth-order valence-electron chi connectivity index (χ4n) is 0.175. The van der Waals surface area contributed by atoms with Gasteiger partial charge in [-0.05, 0) is 11.6 Å². The zero-order valence-corrected chi connectivity index (χ0v) is 8.38. The van der Waals surface area contributed by atoms with Crippen LogP contribution in [-0.4, -0.2) is 14.4 Å². The first-order valence-electron chi connectivity index (χ1n) is 2.06. The Morgan fingerprint density at radius 2 is 2.00 bits per heavy atom. The number of alkyl halides is 3. The summed E-state index contributed by atoms with van der Waals surface area (Å²) in [5.74, 6) is 0.179. The van der Waals surface area contributed by atoms with Gasteiger partial charge in [0.25, 0.3) is 0 Å². The largest absolute Gasteiger partial charge is 0.333 e. The van der Waals surface area contributed by atoms with Crippen LogP contribution in [0.2, 0.25) is 0 Å². The van der Waals surface area contributed by atoms with Gasteiger partial charge in [-0.2, -0.15) is 0 Å². The Morgan fingerprint density at radius 3 is 2.30 bits per heavy atom. The molecular formula is C3H3Cl4NOS. The molecular weight excluding hydrogens is 240 g/mol. The van der Waals surface area contributed by atoms with Gasteiger partial charge in [0.05, 0.1) is 5.88 Å². The Kier molecular flexibility index (Phi) is 5.24. The van der Waals surface area contributed by atoms with Gasteiger partial charge in [0, 0.05) is 0 Å². The predicted octanol–water partition coefficient (Wildman–Crippen LogP) is 2.95. The van der Waals surface area contributed by atoms with Crippen LogP contribution in [0.1, 0.15) is 0 Å². The molecule has 0 aliphatic heterocycles. The average molecular weight is 243 g/mol. The molecule has 0 saturated carbocycles. The van der Waals surface area contributed by atoms with Crippen LogP contribution in [0.5, 0.6) is 0 Å². The highest BCUT2D eigenvalue weighted by atomic mass is 35.6. The minimum absolute atomic E-state index is 0.179. The highest BCUT2D eigenvalue weighted by Crippen LogP contribution is 2.37. The van der Waals surface area contributed by atoms with Crippen molar-refractivity contribution in [3.63, 3.8) is 0 Å². The lowest BCUT2D eigenvalue weighted by atomic mass is 11.2. The topological polar surface area (TPSA) is 29.1 Å². The Morgan fingerprint density at radius 1 is 1.50 bits per heavy atom. The number of hydrogen-bond donors (Lipinski definition) is 1. The standard InChI is InChI=1S/C3H3Cl4NOS/c4-2(9)8-1-10-3(5,6)7/h1H2,(H,8,9). The first kappa shape index (κ1) is 11.0. The molecule has 0 heterocycles. The number of hydrogen-bond acceptors (Lipinski definition) is 2. The minimum Gasteiger partial charge on any atom is -0.333 e. The number of amides is 1. The normalized spacial score (nSPS) is 11.2. The Hall–Kier alpha value is 0.980. The monoisotopic (exact) mass is 241 g/mol. The van der Waals surface area contributed by atoms with Crippen molar-refractivity contribution >= 4 is 63.5 Å². The molecule has 0 radical (unpaired) electrons. The lowest BCUT2D eigenvalue weighted by Gasteiger charge is -2.08. The highest BCUT2D eigenvalue weighted by Gasteiger charge is 2.19. The summed E-state index contributed by atoms with van der Waals surface area (Å²) < 4.78 is -1.40. The molecule has 0 aromatic heterocycles. The van der Waals surface area contributed by atoms with Crippen molar-refractivity contribution in [3.8, 4) is 0 Å². The van der Waals surface area contributed by atoms with Crippen molar-refractivity contribution in [3.05, 3.63) is 0 Å². The van der Waals surface area contributed by atoms with Crippen LogP contribution >= 0.6 is 58.2 Å². The van der Waals surface area contributed by atoms with Crippen molar-refractivity contribution in [2.24, 2.45) is 0 Å². The zero-order valence-electron chi connectivity index (χ0n) is 4.54. The SMILES string of the molecule is O=C(Cl)NCSC(Cl)(Cl)Cl. The zero-order chi connectivity index (χ0) is 8.20. The van der Waals surface area contributed by atoms with Gasteiger partial charge in [0.1, 0.15) is 0 Å². The highest BCUT2D eigenvalue weighted by molar-refractivity contribution is 8.04. The molecule has 0 atom stereocenters. The van der Waals surface area contributed by atoms with Crippen LogP contribution in [0.3, 0.4) is 0 Å². The van der Waals surface area contributed by atoms with Crippen molar-refractivity contribution in [1.82, 2.24) is 5.32 Å². The Labute approximate surface area is 82.5 Å². The molecule has 2 nitrogen and oxygen atoms in total. The summed E-state index contributed by atoms with van der Waals surface area (Å²) in [4.78, 5) is 10.0. The molecule has 0 aliphatic carbocycles. The van der Waals surface area contributed by atoms with E-state index in [4.69, 9.17) is 46.4 Å². The van der Waals surface area contributed by atoms with Gasteiger partial charge in [0.15, 0.2) is 0 Å². The predicted molar refractivity (Wildman–Crippen MR) is 47.1 cm³/mol. The van der Waals surface area contributed by atoms with Crippen LogP contribution in [0.25, 0.3) is 0 Å². The molecule has 0 saturated heterocycles. The van der Waals surface area contributed by atoms with Crippen molar-refractivity contribution in [1.29, 1.82) is 0 Å². The van der Waals surface area contributed by atoms with Crippen molar-refractivity contribution in [2.45, 2.75) is 3.12 Å². The molecule has 60 valence electrons. The number of halogens is 4. The lowest BCUT2D eigenvalue weighted by Crippen LogP contribution is -2.17. The maximum atomic E-state index is 10.0. The van der Waals surface area contributed by atoms with Gasteiger partial charge in [0.2, 0.25) is 3.12 Å². The quantitative estimate of drug-likeness (QED) is 0.349. The smallest absolute Gasteiger partial charge is 0.314 e. The van der Waals surface area contributed by atoms with Crippen LogP contribution < -0.4 is 5.32 Å². The molecule has 7 heteroatoms. The molecule has 0 spiro atoms. The molecule has 0 bridgehead atoms. The van der Waals surface area contributed by atoms with Crippen LogP contribution in [0, 0.1) is 0 Å². The second-order valence-electron chi connectivity index (χ2n) is 1.18. The van der Waals surface area contributed by atoms with E-state index in [2.05, 4.69) is 5.32 Å². The third-order valence-electron chi connectivity index (χ3n) is 0.447. The first-order valence-corrected chi connectivity index (χ1v) is 4.55. The van der Waals surface area contributed by atoms with Gasteiger partial charge in [-0.25, -0.2) is 0 Å². The number of carbonyl (C=O) groups is 1. The summed E-state index contributed by atoms with van der Waals surface area (Å²) in [5, 5.41) is 1.57. The lowest BCUT2D eigenvalue weighted by molar-refractivity contribution is 0.261. The number of nitrogens with one attached hydrogen (secondary N) is 1.